The highest BCUT2D eigenvalue weighted by Crippen LogP contribution is 2.04. The van der Waals surface area contributed by atoms with Crippen LogP contribution in [0.25, 0.3) is 5.65 Å². The van der Waals surface area contributed by atoms with Gasteiger partial charge in [-0.3, -0.25) is 18.2 Å². The maximum absolute atomic E-state index is 12.1. The minimum absolute atomic E-state index is 0.0856. The fourth-order valence-electron chi connectivity index (χ4n) is 1.93. The predicted octanol–water partition coefficient (Wildman–Crippen LogP) is -1.73. The second kappa shape index (κ2) is 6.69. The van der Waals surface area contributed by atoms with Crippen LogP contribution in [0.15, 0.2) is 17.2 Å². The average molecular weight is 341 g/mol. The lowest BCUT2D eigenvalue weighted by Crippen LogP contribution is -2.43. The maximum Gasteiger partial charge on any atom is 0.327 e. The first-order chi connectivity index (χ1) is 10.8. The first-order valence-electron chi connectivity index (χ1n) is 6.53. The molecule has 0 bridgehead atoms. The van der Waals surface area contributed by atoms with E-state index in [1.54, 1.807) is 13.2 Å². The van der Waals surface area contributed by atoms with Crippen molar-refractivity contribution in [3.63, 3.8) is 0 Å². The van der Waals surface area contributed by atoms with E-state index in [2.05, 4.69) is 15.5 Å². The summed E-state index contributed by atoms with van der Waals surface area (Å²) in [5.41, 5.74) is -0.252. The van der Waals surface area contributed by atoms with Gasteiger partial charge >= 0.3 is 5.97 Å². The molecule has 0 saturated heterocycles. The van der Waals surface area contributed by atoms with Crippen LogP contribution in [0.4, 0.5) is 0 Å². The molecule has 124 valence electrons. The van der Waals surface area contributed by atoms with Crippen LogP contribution in [0, 0.1) is 0 Å². The Morgan fingerprint density at radius 2 is 2.09 bits per heavy atom. The highest BCUT2D eigenvalue weighted by atomic mass is 32.2. The zero-order valence-electron chi connectivity index (χ0n) is 12.4. The van der Waals surface area contributed by atoms with E-state index < -0.39 is 28.7 Å². The van der Waals surface area contributed by atoms with E-state index in [1.165, 1.54) is 22.1 Å². The van der Waals surface area contributed by atoms with Gasteiger partial charge in [0.25, 0.3) is 5.56 Å². The number of carbonyl (C=O) groups is 2. The van der Waals surface area contributed by atoms with Gasteiger partial charge in [0.15, 0.2) is 0 Å². The maximum atomic E-state index is 12.1. The van der Waals surface area contributed by atoms with Gasteiger partial charge in [0.05, 0.1) is 11.5 Å². The summed E-state index contributed by atoms with van der Waals surface area (Å²) >= 11 is 0. The summed E-state index contributed by atoms with van der Waals surface area (Å²) in [5, 5.41) is 18.8. The molecule has 2 aromatic rings. The Kier molecular flexibility index (Phi) is 4.89. The second-order valence-electron chi connectivity index (χ2n) is 4.87. The number of nitrogens with zero attached hydrogens (tertiary/aromatic N) is 4. The van der Waals surface area contributed by atoms with Crippen molar-refractivity contribution in [2.24, 2.45) is 7.05 Å². The average Bonchev–Trinajstić information content (AvgIpc) is 2.85. The lowest BCUT2D eigenvalue weighted by atomic mass is 10.3. The first-order valence-corrected chi connectivity index (χ1v) is 8.02. The summed E-state index contributed by atoms with van der Waals surface area (Å²) in [6.45, 7) is 1.18. The Morgan fingerprint density at radius 1 is 1.39 bits per heavy atom. The van der Waals surface area contributed by atoms with E-state index >= 15 is 0 Å². The number of rotatable bonds is 6. The Hall–Kier alpha value is -2.56. The molecule has 1 amide bonds. The molecule has 0 aromatic carbocycles. The van der Waals surface area contributed by atoms with Gasteiger partial charge in [0.1, 0.15) is 11.9 Å². The molecule has 0 fully saturated rings. The molecule has 0 saturated carbocycles. The zero-order chi connectivity index (χ0) is 17.1. The standard InChI is InChI=1S/C12H15N5O5S/c1-7(18)13-8(12(20)21)5-23(22)6-9-14-15-10-11(19)16(2)3-4-17(9)10/h3-4,8H,5-6H2,1-2H3,(H,13,18)(H,20,21)/t8-,23?/m0/s1. The number of hydrogen-bond acceptors (Lipinski definition) is 6. The number of amides is 1. The summed E-state index contributed by atoms with van der Waals surface area (Å²) in [6.07, 6.45) is 3.08. The van der Waals surface area contributed by atoms with Gasteiger partial charge in [-0.15, -0.1) is 10.2 Å². The quantitative estimate of drug-likeness (QED) is 0.637. The molecule has 2 atom stereocenters. The summed E-state index contributed by atoms with van der Waals surface area (Å²) < 4.78 is 14.9. The molecule has 0 spiro atoms. The minimum Gasteiger partial charge on any atom is -0.480 e. The number of hydrogen-bond donors (Lipinski definition) is 2. The van der Waals surface area contributed by atoms with Crippen LogP contribution < -0.4 is 10.9 Å². The molecule has 23 heavy (non-hydrogen) atoms. The second-order valence-corrected chi connectivity index (χ2v) is 6.37. The fourth-order valence-corrected chi connectivity index (χ4v) is 3.13. The summed E-state index contributed by atoms with van der Waals surface area (Å²) in [4.78, 5) is 33.9. The zero-order valence-corrected chi connectivity index (χ0v) is 13.2. The van der Waals surface area contributed by atoms with Gasteiger partial charge < -0.3 is 15.0 Å². The molecule has 2 aromatic heterocycles. The number of aliphatic carboxylic acids is 1. The van der Waals surface area contributed by atoms with Crippen LogP contribution in [-0.2, 0) is 33.2 Å². The van der Waals surface area contributed by atoms with Gasteiger partial charge in [0.2, 0.25) is 11.6 Å². The number of carbonyl (C=O) groups excluding carboxylic acids is 1. The van der Waals surface area contributed by atoms with E-state index in [9.17, 15) is 18.6 Å². The summed E-state index contributed by atoms with van der Waals surface area (Å²) in [7, 11) is -0.0430. The van der Waals surface area contributed by atoms with Gasteiger partial charge in [-0.1, -0.05) is 0 Å². The normalized spacial score (nSPS) is 13.7. The SMILES string of the molecule is CC(=O)N[C@@H](CS(=O)Cc1nnc2c(=O)n(C)ccn12)C(=O)O. The van der Waals surface area contributed by atoms with Crippen molar-refractivity contribution < 1.29 is 18.9 Å². The van der Waals surface area contributed by atoms with E-state index in [-0.39, 0.29) is 28.5 Å². The monoisotopic (exact) mass is 341 g/mol. The molecule has 2 heterocycles. The molecule has 2 rings (SSSR count). The van der Waals surface area contributed by atoms with Gasteiger partial charge in [-0.2, -0.15) is 0 Å². The number of nitrogens with one attached hydrogen (secondary N) is 1. The first kappa shape index (κ1) is 16.8. The molecule has 0 aliphatic rings. The van der Waals surface area contributed by atoms with Crippen molar-refractivity contribution in [1.29, 1.82) is 0 Å². The van der Waals surface area contributed by atoms with Crippen LogP contribution in [0.1, 0.15) is 12.7 Å². The lowest BCUT2D eigenvalue weighted by Gasteiger charge is -2.12. The van der Waals surface area contributed by atoms with E-state index in [0.29, 0.717) is 0 Å². The molecule has 0 aliphatic heterocycles. The smallest absolute Gasteiger partial charge is 0.327 e. The van der Waals surface area contributed by atoms with E-state index in [0.717, 1.165) is 0 Å². The molecule has 2 N–H and O–H groups in total. The summed E-state index contributed by atoms with van der Waals surface area (Å²) in [5.74, 6) is -1.87. The largest absolute Gasteiger partial charge is 0.480 e. The third-order valence-corrected chi connectivity index (χ3v) is 4.32. The van der Waals surface area contributed by atoms with Crippen molar-refractivity contribution in [2.75, 3.05) is 5.75 Å². The van der Waals surface area contributed by atoms with Crippen LogP contribution >= 0.6 is 0 Å². The number of carboxylic acid groups (broad SMARTS) is 1. The van der Waals surface area contributed by atoms with Crippen molar-refractivity contribution in [1.82, 2.24) is 24.5 Å². The Labute approximate surface area is 132 Å². The van der Waals surface area contributed by atoms with E-state index in [1.807, 2.05) is 0 Å². The van der Waals surface area contributed by atoms with Gasteiger partial charge in [-0.05, 0) is 0 Å². The lowest BCUT2D eigenvalue weighted by molar-refractivity contribution is -0.140. The molecule has 10 nitrogen and oxygen atoms in total. The van der Waals surface area contributed by atoms with E-state index in [4.69, 9.17) is 5.11 Å². The molecule has 0 aliphatic carbocycles. The highest BCUT2D eigenvalue weighted by Gasteiger charge is 2.22. The van der Waals surface area contributed by atoms with Crippen LogP contribution in [-0.4, -0.2) is 52.2 Å². The predicted molar refractivity (Wildman–Crippen MR) is 80.2 cm³/mol. The molecular weight excluding hydrogens is 326 g/mol. The Morgan fingerprint density at radius 3 is 2.70 bits per heavy atom. The third kappa shape index (κ3) is 3.80. The molecule has 11 heteroatoms. The number of aryl methyl sites for hydroxylation is 1. The van der Waals surface area contributed by atoms with Gasteiger partial charge in [-0.25, -0.2) is 4.79 Å². The Bertz CT molecular complexity index is 842. The number of carboxylic acids is 1. The summed E-state index contributed by atoms with van der Waals surface area (Å²) in [6, 6.07) is -1.25. The van der Waals surface area contributed by atoms with Crippen LogP contribution in [0.2, 0.25) is 0 Å². The highest BCUT2D eigenvalue weighted by molar-refractivity contribution is 7.84. The molecule has 0 radical (unpaired) electrons. The van der Waals surface area contributed by atoms with Crippen molar-refractivity contribution in [3.05, 3.63) is 28.6 Å². The topological polar surface area (TPSA) is 136 Å². The molecule has 1 unspecified atom stereocenters. The number of aromatic nitrogens is 4. The third-order valence-electron chi connectivity index (χ3n) is 3.04. The molecular formula is C12H15N5O5S. The van der Waals surface area contributed by atoms with Crippen molar-refractivity contribution in [3.8, 4) is 0 Å². The van der Waals surface area contributed by atoms with Crippen molar-refractivity contribution >= 4 is 28.3 Å². The van der Waals surface area contributed by atoms with Crippen LogP contribution in [0.3, 0.4) is 0 Å². The van der Waals surface area contributed by atoms with Crippen molar-refractivity contribution in [2.45, 2.75) is 18.7 Å². The Balaban J connectivity index is 2.17. The van der Waals surface area contributed by atoms with Gasteiger partial charge in [0, 0.05) is 37.2 Å². The fraction of sp³-hybridized carbons (Fsp3) is 0.417. The number of fused-ring (bicyclic) bond motifs is 1. The van der Waals surface area contributed by atoms with Crippen LogP contribution in [0.5, 0.6) is 0 Å². The minimum atomic E-state index is -1.61.